The Morgan fingerprint density at radius 3 is 2.67 bits per heavy atom. The first-order chi connectivity index (χ1) is 10.1. The van der Waals surface area contributed by atoms with Crippen molar-refractivity contribution in [2.75, 3.05) is 17.6 Å². The zero-order chi connectivity index (χ0) is 15.1. The molecule has 0 spiro atoms. The molecular formula is C16H17ClN2S2. The second kappa shape index (κ2) is 8.27. The standard InChI is InChI=1S/C16H17ClN2S2/c1-12-11-13(17)7-8-15(12)19-16(20)18-9-10-21-14-5-3-2-4-6-14/h2-8,11H,9-10H2,1H3,(H2,18,19,20). The van der Waals surface area contributed by atoms with Crippen LogP contribution in [0.25, 0.3) is 0 Å². The van der Waals surface area contributed by atoms with Crippen molar-refractivity contribution in [3.63, 3.8) is 0 Å². The third-order valence-corrected chi connectivity index (χ3v) is 4.33. The van der Waals surface area contributed by atoms with Gasteiger partial charge in [-0.2, -0.15) is 0 Å². The monoisotopic (exact) mass is 336 g/mol. The van der Waals surface area contributed by atoms with Gasteiger partial charge in [0.2, 0.25) is 0 Å². The summed E-state index contributed by atoms with van der Waals surface area (Å²) < 4.78 is 0. The number of thioether (sulfide) groups is 1. The largest absolute Gasteiger partial charge is 0.362 e. The lowest BCUT2D eigenvalue weighted by molar-refractivity contribution is 0.989. The highest BCUT2D eigenvalue weighted by Crippen LogP contribution is 2.19. The van der Waals surface area contributed by atoms with Gasteiger partial charge >= 0.3 is 0 Å². The van der Waals surface area contributed by atoms with Gasteiger partial charge < -0.3 is 10.6 Å². The number of nitrogens with one attached hydrogen (secondary N) is 2. The van der Waals surface area contributed by atoms with Crippen molar-refractivity contribution in [2.24, 2.45) is 0 Å². The molecular weight excluding hydrogens is 320 g/mol. The number of hydrogen-bond donors (Lipinski definition) is 2. The lowest BCUT2D eigenvalue weighted by atomic mass is 10.2. The van der Waals surface area contributed by atoms with Gasteiger partial charge in [-0.25, -0.2) is 0 Å². The van der Waals surface area contributed by atoms with Gasteiger partial charge in [0.1, 0.15) is 0 Å². The van der Waals surface area contributed by atoms with Crippen LogP contribution in [-0.2, 0) is 0 Å². The molecule has 0 heterocycles. The zero-order valence-electron chi connectivity index (χ0n) is 11.7. The van der Waals surface area contributed by atoms with Crippen LogP contribution in [0, 0.1) is 6.92 Å². The van der Waals surface area contributed by atoms with E-state index in [0.717, 1.165) is 28.6 Å². The van der Waals surface area contributed by atoms with E-state index in [0.29, 0.717) is 5.11 Å². The number of benzene rings is 2. The summed E-state index contributed by atoms with van der Waals surface area (Å²) in [6.45, 7) is 2.82. The molecule has 2 aromatic carbocycles. The molecule has 0 fully saturated rings. The Hall–Kier alpha value is -1.23. The summed E-state index contributed by atoms with van der Waals surface area (Å²) in [6.07, 6.45) is 0. The predicted octanol–water partition coefficient (Wildman–Crippen LogP) is 4.73. The SMILES string of the molecule is Cc1cc(Cl)ccc1NC(=S)NCCSc1ccccc1. The summed E-state index contributed by atoms with van der Waals surface area (Å²) in [4.78, 5) is 1.27. The van der Waals surface area contributed by atoms with Crippen molar-refractivity contribution in [3.05, 3.63) is 59.1 Å². The van der Waals surface area contributed by atoms with Crippen LogP contribution in [0.4, 0.5) is 5.69 Å². The van der Waals surface area contributed by atoms with Crippen LogP contribution >= 0.6 is 35.6 Å². The minimum atomic E-state index is 0.633. The van der Waals surface area contributed by atoms with Crippen molar-refractivity contribution in [1.82, 2.24) is 5.32 Å². The van der Waals surface area contributed by atoms with E-state index in [2.05, 4.69) is 22.8 Å². The van der Waals surface area contributed by atoms with Gasteiger partial charge in [-0.1, -0.05) is 29.8 Å². The summed E-state index contributed by atoms with van der Waals surface area (Å²) >= 11 is 13.0. The third kappa shape index (κ3) is 5.58. The highest BCUT2D eigenvalue weighted by atomic mass is 35.5. The van der Waals surface area contributed by atoms with E-state index >= 15 is 0 Å². The maximum absolute atomic E-state index is 5.94. The second-order valence-corrected chi connectivity index (χ2v) is 6.51. The molecule has 5 heteroatoms. The van der Waals surface area contributed by atoms with E-state index in [9.17, 15) is 0 Å². The van der Waals surface area contributed by atoms with Gasteiger partial charge in [-0.3, -0.25) is 0 Å². The average molecular weight is 337 g/mol. The minimum absolute atomic E-state index is 0.633. The molecule has 0 atom stereocenters. The van der Waals surface area contributed by atoms with Gasteiger partial charge in [-0.05, 0) is 55.0 Å². The molecule has 0 bridgehead atoms. The number of anilines is 1. The Morgan fingerprint density at radius 2 is 1.95 bits per heavy atom. The smallest absolute Gasteiger partial charge is 0.170 e. The van der Waals surface area contributed by atoms with Gasteiger partial charge in [-0.15, -0.1) is 11.8 Å². The van der Waals surface area contributed by atoms with Crippen LogP contribution in [0.1, 0.15) is 5.56 Å². The van der Waals surface area contributed by atoms with Crippen molar-refractivity contribution in [1.29, 1.82) is 0 Å². The molecule has 110 valence electrons. The van der Waals surface area contributed by atoms with E-state index in [1.807, 2.05) is 43.3 Å². The van der Waals surface area contributed by atoms with Crippen LogP contribution in [-0.4, -0.2) is 17.4 Å². The molecule has 0 aliphatic heterocycles. The molecule has 21 heavy (non-hydrogen) atoms. The molecule has 0 aliphatic rings. The molecule has 0 amide bonds. The normalized spacial score (nSPS) is 10.2. The summed E-state index contributed by atoms with van der Waals surface area (Å²) in [5.41, 5.74) is 2.05. The van der Waals surface area contributed by atoms with Crippen LogP contribution in [0.15, 0.2) is 53.4 Å². The first kappa shape index (κ1) is 16.1. The second-order valence-electron chi connectivity index (χ2n) is 4.50. The molecule has 0 aliphatic carbocycles. The van der Waals surface area contributed by atoms with Crippen LogP contribution in [0.2, 0.25) is 5.02 Å². The Balaban J connectivity index is 1.72. The highest BCUT2D eigenvalue weighted by molar-refractivity contribution is 7.99. The lowest BCUT2D eigenvalue weighted by Crippen LogP contribution is -2.30. The Kier molecular flexibility index (Phi) is 6.36. The Morgan fingerprint density at radius 1 is 1.19 bits per heavy atom. The predicted molar refractivity (Wildman–Crippen MR) is 97.6 cm³/mol. The fraction of sp³-hybridized carbons (Fsp3) is 0.188. The molecule has 2 aromatic rings. The number of halogens is 1. The average Bonchev–Trinajstić information content (AvgIpc) is 2.48. The topological polar surface area (TPSA) is 24.1 Å². The molecule has 0 saturated carbocycles. The number of aryl methyl sites for hydroxylation is 1. The molecule has 2 N–H and O–H groups in total. The summed E-state index contributed by atoms with van der Waals surface area (Å²) in [7, 11) is 0. The highest BCUT2D eigenvalue weighted by Gasteiger charge is 2.01. The fourth-order valence-electron chi connectivity index (χ4n) is 1.78. The number of thiocarbonyl (C=S) groups is 1. The third-order valence-electron chi connectivity index (χ3n) is 2.84. The van der Waals surface area contributed by atoms with Crippen molar-refractivity contribution < 1.29 is 0 Å². The number of hydrogen-bond acceptors (Lipinski definition) is 2. The lowest BCUT2D eigenvalue weighted by Gasteiger charge is -2.12. The molecule has 0 saturated heterocycles. The minimum Gasteiger partial charge on any atom is -0.362 e. The molecule has 2 rings (SSSR count). The molecule has 0 aromatic heterocycles. The van der Waals surface area contributed by atoms with Crippen molar-refractivity contribution in [2.45, 2.75) is 11.8 Å². The molecule has 0 radical (unpaired) electrons. The zero-order valence-corrected chi connectivity index (χ0v) is 14.1. The van der Waals surface area contributed by atoms with Crippen molar-refractivity contribution in [3.8, 4) is 0 Å². The van der Waals surface area contributed by atoms with E-state index in [1.165, 1.54) is 4.90 Å². The number of rotatable bonds is 5. The first-order valence-electron chi connectivity index (χ1n) is 6.64. The van der Waals surface area contributed by atoms with E-state index < -0.39 is 0 Å². The van der Waals surface area contributed by atoms with E-state index in [4.69, 9.17) is 23.8 Å². The molecule has 2 nitrogen and oxygen atoms in total. The summed E-state index contributed by atoms with van der Waals surface area (Å²) in [5, 5.41) is 7.76. The van der Waals surface area contributed by atoms with Gasteiger partial charge in [0, 0.05) is 27.9 Å². The van der Waals surface area contributed by atoms with E-state index in [1.54, 1.807) is 11.8 Å². The van der Waals surface area contributed by atoms with Crippen LogP contribution in [0.5, 0.6) is 0 Å². The van der Waals surface area contributed by atoms with Crippen LogP contribution < -0.4 is 10.6 Å². The van der Waals surface area contributed by atoms with Crippen molar-refractivity contribution >= 4 is 46.4 Å². The summed E-state index contributed by atoms with van der Waals surface area (Å²) in [6, 6.07) is 16.0. The van der Waals surface area contributed by atoms with Gasteiger partial charge in [0.05, 0.1) is 0 Å². The van der Waals surface area contributed by atoms with Crippen LogP contribution in [0.3, 0.4) is 0 Å². The quantitative estimate of drug-likeness (QED) is 0.468. The van der Waals surface area contributed by atoms with Gasteiger partial charge in [0.15, 0.2) is 5.11 Å². The fourth-order valence-corrected chi connectivity index (χ4v) is 3.01. The molecule has 0 unspecified atom stereocenters. The maximum atomic E-state index is 5.94. The summed E-state index contributed by atoms with van der Waals surface area (Å²) in [5.74, 6) is 0.964. The Labute approximate surface area is 140 Å². The first-order valence-corrected chi connectivity index (χ1v) is 8.41. The van der Waals surface area contributed by atoms with Gasteiger partial charge in [0.25, 0.3) is 0 Å². The maximum Gasteiger partial charge on any atom is 0.170 e. The Bertz CT molecular complexity index is 602. The van der Waals surface area contributed by atoms with E-state index in [-0.39, 0.29) is 0 Å².